The van der Waals surface area contributed by atoms with E-state index in [1.807, 2.05) is 48.5 Å². The van der Waals surface area contributed by atoms with E-state index in [0.717, 1.165) is 30.2 Å². The number of hydrogen-bond donors (Lipinski definition) is 1. The predicted octanol–water partition coefficient (Wildman–Crippen LogP) is 3.29. The molecule has 1 N–H and O–H groups in total. The Morgan fingerprint density at radius 2 is 1.88 bits per heavy atom. The van der Waals surface area contributed by atoms with Gasteiger partial charge in [-0.1, -0.05) is 18.2 Å². The minimum absolute atomic E-state index is 0.219. The van der Waals surface area contributed by atoms with E-state index < -0.39 is 0 Å². The van der Waals surface area contributed by atoms with Crippen LogP contribution in [-0.4, -0.2) is 47.0 Å². The number of para-hydroxylation sites is 1. The van der Waals surface area contributed by atoms with E-state index in [1.165, 1.54) is 0 Å². The molecule has 32 heavy (non-hydrogen) atoms. The third kappa shape index (κ3) is 4.26. The first-order chi connectivity index (χ1) is 15.8. The molecule has 1 aromatic carbocycles. The van der Waals surface area contributed by atoms with Gasteiger partial charge in [-0.2, -0.15) is 5.10 Å². The Balaban J connectivity index is 1.36. The third-order valence-corrected chi connectivity index (χ3v) is 5.31. The largest absolute Gasteiger partial charge is 0.463 e. The Morgan fingerprint density at radius 3 is 2.66 bits per heavy atom. The third-order valence-electron chi connectivity index (χ3n) is 5.31. The van der Waals surface area contributed by atoms with E-state index in [4.69, 9.17) is 9.15 Å². The van der Waals surface area contributed by atoms with Gasteiger partial charge in [0.15, 0.2) is 5.76 Å². The van der Waals surface area contributed by atoms with Gasteiger partial charge in [-0.25, -0.2) is 9.67 Å². The van der Waals surface area contributed by atoms with Crippen LogP contribution in [0.3, 0.4) is 0 Å². The topological polar surface area (TPSA) is 85.4 Å². The molecule has 1 aliphatic heterocycles. The highest BCUT2D eigenvalue weighted by Crippen LogP contribution is 2.22. The summed E-state index contributed by atoms with van der Waals surface area (Å²) in [6, 6.07) is 18.9. The molecule has 0 saturated carbocycles. The molecule has 3 aromatic heterocycles. The van der Waals surface area contributed by atoms with Gasteiger partial charge in [0, 0.05) is 31.9 Å². The fraction of sp³-hybridized carbons (Fsp3) is 0.208. The summed E-state index contributed by atoms with van der Waals surface area (Å²) in [5.74, 6) is 1.29. The minimum Gasteiger partial charge on any atom is -0.463 e. The Labute approximate surface area is 185 Å². The van der Waals surface area contributed by atoms with Crippen LogP contribution in [0.15, 0.2) is 77.5 Å². The first-order valence-electron chi connectivity index (χ1n) is 10.5. The summed E-state index contributed by atoms with van der Waals surface area (Å²) in [4.78, 5) is 19.8. The first kappa shape index (κ1) is 20.0. The van der Waals surface area contributed by atoms with Gasteiger partial charge in [0.2, 0.25) is 0 Å². The lowest BCUT2D eigenvalue weighted by Crippen LogP contribution is -2.36. The van der Waals surface area contributed by atoms with Crippen molar-refractivity contribution >= 4 is 11.7 Å². The van der Waals surface area contributed by atoms with Crippen molar-refractivity contribution in [2.45, 2.75) is 6.54 Å². The number of nitrogens with zero attached hydrogens (tertiary/aromatic N) is 4. The van der Waals surface area contributed by atoms with E-state index >= 15 is 0 Å². The van der Waals surface area contributed by atoms with E-state index in [2.05, 4.69) is 20.3 Å². The summed E-state index contributed by atoms with van der Waals surface area (Å²) in [6.45, 7) is 3.41. The molecule has 1 fully saturated rings. The highest BCUT2D eigenvalue weighted by atomic mass is 16.5. The predicted molar refractivity (Wildman–Crippen MR) is 120 cm³/mol. The zero-order chi connectivity index (χ0) is 21.8. The zero-order valence-electron chi connectivity index (χ0n) is 17.5. The summed E-state index contributed by atoms with van der Waals surface area (Å²) in [5, 5.41) is 7.62. The van der Waals surface area contributed by atoms with Crippen LogP contribution in [0, 0.1) is 0 Å². The minimum atomic E-state index is -0.219. The van der Waals surface area contributed by atoms with Gasteiger partial charge in [-0.05, 0) is 42.0 Å². The lowest BCUT2D eigenvalue weighted by Gasteiger charge is -2.28. The number of hydrogen-bond acceptors (Lipinski definition) is 6. The van der Waals surface area contributed by atoms with Crippen LogP contribution < -0.4 is 10.2 Å². The second kappa shape index (κ2) is 9.07. The number of carbonyl (C=O) groups is 1. The molecule has 0 radical (unpaired) electrons. The molecule has 1 amide bonds. The monoisotopic (exact) mass is 429 g/mol. The van der Waals surface area contributed by atoms with Crippen LogP contribution in [0.4, 0.5) is 5.82 Å². The number of morpholine rings is 1. The molecule has 5 rings (SSSR count). The van der Waals surface area contributed by atoms with E-state index in [-0.39, 0.29) is 5.91 Å². The van der Waals surface area contributed by atoms with Crippen LogP contribution in [0.25, 0.3) is 17.1 Å². The lowest BCUT2D eigenvalue weighted by molar-refractivity contribution is 0.0943. The molecule has 8 heteroatoms. The highest BCUT2D eigenvalue weighted by Gasteiger charge is 2.19. The number of amides is 1. The van der Waals surface area contributed by atoms with Gasteiger partial charge in [0.25, 0.3) is 5.91 Å². The maximum absolute atomic E-state index is 13.1. The SMILES string of the molecule is O=C(NCc1ccnc(N2CCOCC2)c1)c1cc(-c2ccco2)nn1-c1ccccc1. The van der Waals surface area contributed by atoms with Crippen molar-refractivity contribution < 1.29 is 13.9 Å². The van der Waals surface area contributed by atoms with E-state index in [9.17, 15) is 4.79 Å². The number of rotatable bonds is 6. The summed E-state index contributed by atoms with van der Waals surface area (Å²) in [5.41, 5.74) is 2.81. The fourth-order valence-corrected chi connectivity index (χ4v) is 3.66. The summed E-state index contributed by atoms with van der Waals surface area (Å²) >= 11 is 0. The van der Waals surface area contributed by atoms with Gasteiger partial charge in [0.1, 0.15) is 17.2 Å². The molecule has 0 spiro atoms. The Morgan fingerprint density at radius 1 is 1.03 bits per heavy atom. The average Bonchev–Trinajstić information content (AvgIpc) is 3.54. The van der Waals surface area contributed by atoms with E-state index in [1.54, 1.807) is 29.3 Å². The number of carbonyl (C=O) groups excluding carboxylic acids is 1. The molecule has 0 aliphatic carbocycles. The number of anilines is 1. The van der Waals surface area contributed by atoms with Crippen molar-refractivity contribution in [1.29, 1.82) is 0 Å². The van der Waals surface area contributed by atoms with Crippen LogP contribution >= 0.6 is 0 Å². The second-order valence-corrected chi connectivity index (χ2v) is 7.44. The molecule has 0 unspecified atom stereocenters. The maximum atomic E-state index is 13.1. The van der Waals surface area contributed by atoms with Crippen molar-refractivity contribution in [2.75, 3.05) is 31.2 Å². The van der Waals surface area contributed by atoms with Gasteiger partial charge in [-0.15, -0.1) is 0 Å². The molecule has 1 aliphatic rings. The molecule has 162 valence electrons. The van der Waals surface area contributed by atoms with Crippen LogP contribution in [-0.2, 0) is 11.3 Å². The molecule has 1 saturated heterocycles. The number of furan rings is 1. The first-order valence-corrected chi connectivity index (χ1v) is 10.5. The van der Waals surface area contributed by atoms with Crippen LogP contribution in [0.2, 0.25) is 0 Å². The highest BCUT2D eigenvalue weighted by molar-refractivity contribution is 5.94. The fourth-order valence-electron chi connectivity index (χ4n) is 3.66. The summed E-state index contributed by atoms with van der Waals surface area (Å²) < 4.78 is 12.5. The van der Waals surface area contributed by atoms with E-state index in [0.29, 0.717) is 36.9 Å². The summed E-state index contributed by atoms with van der Waals surface area (Å²) in [7, 11) is 0. The van der Waals surface area contributed by atoms with Gasteiger partial charge >= 0.3 is 0 Å². The van der Waals surface area contributed by atoms with Gasteiger partial charge < -0.3 is 19.4 Å². The van der Waals surface area contributed by atoms with Crippen molar-refractivity contribution in [1.82, 2.24) is 20.1 Å². The van der Waals surface area contributed by atoms with Crippen molar-refractivity contribution in [3.05, 3.63) is 84.4 Å². The number of nitrogens with one attached hydrogen (secondary N) is 1. The van der Waals surface area contributed by atoms with Gasteiger partial charge in [-0.3, -0.25) is 4.79 Å². The number of ether oxygens (including phenoxy) is 1. The molecule has 8 nitrogen and oxygen atoms in total. The maximum Gasteiger partial charge on any atom is 0.270 e. The molecule has 4 aromatic rings. The van der Waals surface area contributed by atoms with Gasteiger partial charge in [0.05, 0.1) is 25.2 Å². The normalized spacial score (nSPS) is 13.8. The second-order valence-electron chi connectivity index (χ2n) is 7.44. The standard InChI is InChI=1S/C24H23N5O3/c30-24(26-17-18-8-9-25-23(15-18)28-10-13-31-14-11-28)21-16-20(22-7-4-12-32-22)27-29(21)19-5-2-1-3-6-19/h1-9,12,15-16H,10-11,13-14,17H2,(H,26,30). The van der Waals surface area contributed by atoms with Crippen molar-refractivity contribution in [2.24, 2.45) is 0 Å². The average molecular weight is 429 g/mol. The van der Waals surface area contributed by atoms with Crippen LogP contribution in [0.1, 0.15) is 16.1 Å². The molecule has 4 heterocycles. The molecule has 0 bridgehead atoms. The van der Waals surface area contributed by atoms with Crippen molar-refractivity contribution in [3.63, 3.8) is 0 Å². The quantitative estimate of drug-likeness (QED) is 0.506. The smallest absolute Gasteiger partial charge is 0.270 e. The Hall–Kier alpha value is -3.91. The summed E-state index contributed by atoms with van der Waals surface area (Å²) in [6.07, 6.45) is 3.36. The number of benzene rings is 1. The number of pyridine rings is 1. The Bertz CT molecular complexity index is 1180. The molecular formula is C24H23N5O3. The zero-order valence-corrected chi connectivity index (χ0v) is 17.5. The van der Waals surface area contributed by atoms with Crippen LogP contribution in [0.5, 0.6) is 0 Å². The molecular weight excluding hydrogens is 406 g/mol. The van der Waals surface area contributed by atoms with Crippen molar-refractivity contribution in [3.8, 4) is 17.1 Å². The number of aromatic nitrogens is 3. The Kier molecular flexibility index (Phi) is 5.67. The molecule has 0 atom stereocenters. The lowest BCUT2D eigenvalue weighted by atomic mass is 10.2.